The molecule has 1 aromatic heterocycles. The van der Waals surface area contributed by atoms with E-state index < -0.39 is 22.4 Å². The van der Waals surface area contributed by atoms with Crippen molar-refractivity contribution in [3.8, 4) is 0 Å². The number of hydrogen-bond donors (Lipinski definition) is 1. The standard InChI is InChI=1S/C21H24N4O5/c1-12(2)24-13(3)10-17(14(24)4)18(26)11-23-19(27)21(5,22-20(23)28)15-6-8-16(9-7-15)25(29)30/h6-10,12H,11H2,1-5H3,(H,22,28). The van der Waals surface area contributed by atoms with E-state index in [0.29, 0.717) is 11.1 Å². The third kappa shape index (κ3) is 3.36. The van der Waals surface area contributed by atoms with Crippen molar-refractivity contribution in [2.45, 2.75) is 46.2 Å². The van der Waals surface area contributed by atoms with Crippen molar-refractivity contribution >= 4 is 23.4 Å². The number of carbonyl (C=O) groups excluding carboxylic acids is 3. The molecule has 9 nitrogen and oxygen atoms in total. The number of nitrogens with zero attached hydrogens (tertiary/aromatic N) is 3. The zero-order chi connectivity index (χ0) is 22.4. The van der Waals surface area contributed by atoms with E-state index in [1.807, 2.05) is 32.3 Å². The van der Waals surface area contributed by atoms with Crippen molar-refractivity contribution < 1.29 is 19.3 Å². The molecule has 0 radical (unpaired) electrons. The Morgan fingerprint density at radius 3 is 2.30 bits per heavy atom. The molecule has 1 aliphatic rings. The summed E-state index contributed by atoms with van der Waals surface area (Å²) in [7, 11) is 0. The summed E-state index contributed by atoms with van der Waals surface area (Å²) in [4.78, 5) is 49.7. The topological polar surface area (TPSA) is 115 Å². The second kappa shape index (κ2) is 7.40. The minimum Gasteiger partial charge on any atom is -0.346 e. The number of amides is 3. The lowest BCUT2D eigenvalue weighted by Gasteiger charge is -2.22. The van der Waals surface area contributed by atoms with Gasteiger partial charge in [0.05, 0.1) is 11.5 Å². The molecule has 9 heteroatoms. The molecular weight excluding hydrogens is 388 g/mol. The maximum Gasteiger partial charge on any atom is 0.325 e. The number of benzene rings is 1. The number of rotatable bonds is 6. The third-order valence-electron chi connectivity index (χ3n) is 5.53. The molecule has 1 unspecified atom stereocenters. The van der Waals surface area contributed by atoms with Gasteiger partial charge in [-0.25, -0.2) is 4.79 Å². The highest BCUT2D eigenvalue weighted by molar-refractivity contribution is 6.11. The molecule has 30 heavy (non-hydrogen) atoms. The number of aromatic nitrogens is 1. The fourth-order valence-electron chi connectivity index (χ4n) is 4.04. The largest absolute Gasteiger partial charge is 0.346 e. The smallest absolute Gasteiger partial charge is 0.325 e. The van der Waals surface area contributed by atoms with Crippen LogP contribution in [0.15, 0.2) is 30.3 Å². The van der Waals surface area contributed by atoms with Gasteiger partial charge in [-0.1, -0.05) is 0 Å². The normalized spacial score (nSPS) is 18.8. The average Bonchev–Trinajstić information content (AvgIpc) is 3.09. The Kier molecular flexibility index (Phi) is 5.23. The Morgan fingerprint density at radius 1 is 1.20 bits per heavy atom. The number of nitro benzene ring substituents is 1. The highest BCUT2D eigenvalue weighted by Gasteiger charge is 2.49. The van der Waals surface area contributed by atoms with Crippen LogP contribution in [0.4, 0.5) is 10.5 Å². The number of hydrogen-bond acceptors (Lipinski definition) is 5. The molecule has 1 N–H and O–H groups in total. The Balaban J connectivity index is 1.85. The van der Waals surface area contributed by atoms with Crippen LogP contribution in [0.2, 0.25) is 0 Å². The molecule has 1 saturated heterocycles. The van der Waals surface area contributed by atoms with Gasteiger partial charge in [0.15, 0.2) is 5.78 Å². The number of nitro groups is 1. The van der Waals surface area contributed by atoms with Gasteiger partial charge in [-0.05, 0) is 58.4 Å². The van der Waals surface area contributed by atoms with Gasteiger partial charge in [0, 0.05) is 35.1 Å². The van der Waals surface area contributed by atoms with Crippen LogP contribution in [0.25, 0.3) is 0 Å². The van der Waals surface area contributed by atoms with E-state index in [1.165, 1.54) is 31.2 Å². The van der Waals surface area contributed by atoms with E-state index in [9.17, 15) is 24.5 Å². The van der Waals surface area contributed by atoms with Crippen LogP contribution in [-0.4, -0.2) is 38.7 Å². The van der Waals surface area contributed by atoms with E-state index in [4.69, 9.17) is 0 Å². The molecule has 2 heterocycles. The highest BCUT2D eigenvalue weighted by Crippen LogP contribution is 2.30. The predicted molar refractivity (Wildman–Crippen MR) is 109 cm³/mol. The number of Topliss-reactive ketones (excluding diaryl/α,β-unsaturated/α-hetero) is 1. The minimum absolute atomic E-state index is 0.119. The van der Waals surface area contributed by atoms with Gasteiger partial charge in [-0.2, -0.15) is 0 Å². The SMILES string of the molecule is Cc1cc(C(=O)CN2C(=O)NC(C)(c3ccc([N+](=O)[O-])cc3)C2=O)c(C)n1C(C)C. The molecule has 1 atom stereocenters. The van der Waals surface area contributed by atoms with Crippen LogP contribution in [0.5, 0.6) is 0 Å². The molecule has 0 aliphatic carbocycles. The first-order chi connectivity index (χ1) is 14.0. The summed E-state index contributed by atoms with van der Waals surface area (Å²) in [6.45, 7) is 8.91. The molecule has 1 fully saturated rings. The number of urea groups is 1. The number of nitrogens with one attached hydrogen (secondary N) is 1. The number of carbonyl (C=O) groups is 3. The molecule has 2 aromatic rings. The molecule has 0 spiro atoms. The Labute approximate surface area is 173 Å². The Morgan fingerprint density at radius 2 is 1.80 bits per heavy atom. The first-order valence-corrected chi connectivity index (χ1v) is 9.58. The zero-order valence-electron chi connectivity index (χ0n) is 17.6. The highest BCUT2D eigenvalue weighted by atomic mass is 16.6. The lowest BCUT2D eigenvalue weighted by Crippen LogP contribution is -2.41. The van der Waals surface area contributed by atoms with Gasteiger partial charge in [0.2, 0.25) is 0 Å². The Bertz CT molecular complexity index is 1050. The summed E-state index contributed by atoms with van der Waals surface area (Å²) >= 11 is 0. The van der Waals surface area contributed by atoms with Crippen molar-refractivity contribution in [2.24, 2.45) is 0 Å². The molecular formula is C21H24N4O5. The lowest BCUT2D eigenvalue weighted by atomic mass is 9.92. The number of imide groups is 1. The van der Waals surface area contributed by atoms with Crippen LogP contribution in [0.1, 0.15) is 54.1 Å². The molecule has 158 valence electrons. The van der Waals surface area contributed by atoms with Crippen molar-refractivity contribution in [3.05, 3.63) is 63.0 Å². The molecule has 3 amide bonds. The quantitative estimate of drug-likeness (QED) is 0.338. The first kappa shape index (κ1) is 21.2. The van der Waals surface area contributed by atoms with Crippen LogP contribution in [0, 0.1) is 24.0 Å². The summed E-state index contributed by atoms with van der Waals surface area (Å²) in [5, 5.41) is 13.5. The second-order valence-electron chi connectivity index (χ2n) is 7.92. The number of aryl methyl sites for hydroxylation is 1. The Hall–Kier alpha value is -3.49. The van der Waals surface area contributed by atoms with Crippen LogP contribution < -0.4 is 5.32 Å². The van der Waals surface area contributed by atoms with Crippen LogP contribution in [-0.2, 0) is 10.3 Å². The van der Waals surface area contributed by atoms with Crippen LogP contribution in [0.3, 0.4) is 0 Å². The maximum atomic E-state index is 13.0. The summed E-state index contributed by atoms with van der Waals surface area (Å²) in [5.41, 5.74) is 1.08. The van der Waals surface area contributed by atoms with Gasteiger partial charge in [-0.15, -0.1) is 0 Å². The average molecular weight is 412 g/mol. The lowest BCUT2D eigenvalue weighted by molar-refractivity contribution is -0.384. The minimum atomic E-state index is -1.40. The van der Waals surface area contributed by atoms with Gasteiger partial charge in [-0.3, -0.25) is 24.6 Å². The summed E-state index contributed by atoms with van der Waals surface area (Å²) in [6, 6.07) is 6.67. The molecule has 0 bridgehead atoms. The van der Waals surface area contributed by atoms with Crippen molar-refractivity contribution in [1.82, 2.24) is 14.8 Å². The predicted octanol–water partition coefficient (Wildman–Crippen LogP) is 3.24. The van der Waals surface area contributed by atoms with Crippen molar-refractivity contribution in [2.75, 3.05) is 6.54 Å². The maximum absolute atomic E-state index is 13.0. The zero-order valence-corrected chi connectivity index (χ0v) is 17.6. The van der Waals surface area contributed by atoms with E-state index in [1.54, 1.807) is 6.07 Å². The summed E-state index contributed by atoms with van der Waals surface area (Å²) in [5.74, 6) is -0.904. The van der Waals surface area contributed by atoms with Crippen molar-refractivity contribution in [1.29, 1.82) is 0 Å². The van der Waals surface area contributed by atoms with E-state index in [0.717, 1.165) is 16.3 Å². The third-order valence-corrected chi connectivity index (χ3v) is 5.53. The van der Waals surface area contributed by atoms with Gasteiger partial charge in [0.1, 0.15) is 5.54 Å². The second-order valence-corrected chi connectivity index (χ2v) is 7.92. The fourth-order valence-corrected chi connectivity index (χ4v) is 4.04. The summed E-state index contributed by atoms with van der Waals surface area (Å²) < 4.78 is 2.03. The van der Waals surface area contributed by atoms with Gasteiger partial charge < -0.3 is 9.88 Å². The monoisotopic (exact) mass is 412 g/mol. The molecule has 1 aliphatic heterocycles. The fraction of sp³-hybridized carbons (Fsp3) is 0.381. The van der Waals surface area contributed by atoms with Gasteiger partial charge in [0.25, 0.3) is 11.6 Å². The molecule has 0 saturated carbocycles. The van der Waals surface area contributed by atoms with Crippen LogP contribution >= 0.6 is 0 Å². The number of non-ortho nitro benzene ring substituents is 1. The van der Waals surface area contributed by atoms with Crippen molar-refractivity contribution in [3.63, 3.8) is 0 Å². The summed E-state index contributed by atoms with van der Waals surface area (Å²) in [6.07, 6.45) is 0. The molecule has 1 aromatic carbocycles. The number of ketones is 1. The van der Waals surface area contributed by atoms with Gasteiger partial charge >= 0.3 is 6.03 Å². The van der Waals surface area contributed by atoms with E-state index >= 15 is 0 Å². The van der Waals surface area contributed by atoms with E-state index in [-0.39, 0.29) is 24.1 Å². The molecule has 3 rings (SSSR count). The first-order valence-electron chi connectivity index (χ1n) is 9.58. The van der Waals surface area contributed by atoms with E-state index in [2.05, 4.69) is 5.32 Å².